The summed E-state index contributed by atoms with van der Waals surface area (Å²) in [5.74, 6) is 1.15. The molecule has 2 N–H and O–H groups in total. The molecule has 0 spiro atoms. The first-order valence-corrected chi connectivity index (χ1v) is 4.88. The molecule has 3 nitrogen and oxygen atoms in total. The standard InChI is InChI=1S/C12H14N2O/c1-7-4-9(3)10(5-8(7)2)11-6-12(13)14-15-11/h4-6H,1-3H3,(H2,13,14). The number of rotatable bonds is 1. The van der Waals surface area contributed by atoms with Gasteiger partial charge in [0.2, 0.25) is 0 Å². The van der Waals surface area contributed by atoms with Gasteiger partial charge in [0.05, 0.1) is 0 Å². The normalized spacial score (nSPS) is 10.6. The fraction of sp³-hybridized carbons (Fsp3) is 0.250. The first kappa shape index (κ1) is 9.77. The van der Waals surface area contributed by atoms with Crippen molar-refractivity contribution >= 4 is 5.82 Å². The Morgan fingerprint density at radius 2 is 1.67 bits per heavy atom. The monoisotopic (exact) mass is 202 g/mol. The molecule has 1 aromatic heterocycles. The van der Waals surface area contributed by atoms with Crippen LogP contribution in [0.15, 0.2) is 22.7 Å². The van der Waals surface area contributed by atoms with Gasteiger partial charge in [-0.3, -0.25) is 0 Å². The number of nitrogens with zero attached hydrogens (tertiary/aromatic N) is 1. The van der Waals surface area contributed by atoms with Crippen molar-refractivity contribution in [3.8, 4) is 11.3 Å². The minimum atomic E-state index is 0.419. The largest absolute Gasteiger partial charge is 0.381 e. The van der Waals surface area contributed by atoms with E-state index in [0.29, 0.717) is 5.82 Å². The van der Waals surface area contributed by atoms with Crippen LogP contribution in [0.5, 0.6) is 0 Å². The Morgan fingerprint density at radius 1 is 1.00 bits per heavy atom. The predicted octanol–water partition coefficient (Wildman–Crippen LogP) is 2.85. The van der Waals surface area contributed by atoms with Gasteiger partial charge >= 0.3 is 0 Å². The van der Waals surface area contributed by atoms with Gasteiger partial charge in [-0.1, -0.05) is 11.2 Å². The lowest BCUT2D eigenvalue weighted by molar-refractivity contribution is 0.435. The van der Waals surface area contributed by atoms with Gasteiger partial charge < -0.3 is 10.3 Å². The van der Waals surface area contributed by atoms with Crippen LogP contribution in [-0.2, 0) is 0 Å². The highest BCUT2D eigenvalue weighted by molar-refractivity contribution is 5.65. The number of aryl methyl sites for hydroxylation is 3. The third kappa shape index (κ3) is 1.73. The smallest absolute Gasteiger partial charge is 0.169 e. The van der Waals surface area contributed by atoms with E-state index in [1.165, 1.54) is 16.7 Å². The molecule has 0 atom stereocenters. The lowest BCUT2D eigenvalue weighted by Crippen LogP contribution is -1.87. The van der Waals surface area contributed by atoms with Crippen LogP contribution in [0.1, 0.15) is 16.7 Å². The molecule has 3 heteroatoms. The Balaban J connectivity index is 2.58. The van der Waals surface area contributed by atoms with Crippen molar-refractivity contribution in [1.29, 1.82) is 0 Å². The number of nitrogen functional groups attached to an aromatic ring is 1. The Bertz CT molecular complexity index is 500. The van der Waals surface area contributed by atoms with E-state index in [1.54, 1.807) is 6.07 Å². The van der Waals surface area contributed by atoms with E-state index >= 15 is 0 Å². The average molecular weight is 202 g/mol. The molecule has 0 unspecified atom stereocenters. The second-order valence-corrected chi connectivity index (χ2v) is 3.87. The van der Waals surface area contributed by atoms with Gasteiger partial charge in [0.1, 0.15) is 0 Å². The molecule has 0 amide bonds. The van der Waals surface area contributed by atoms with E-state index in [2.05, 4.69) is 38.1 Å². The van der Waals surface area contributed by atoms with E-state index < -0.39 is 0 Å². The molecule has 0 saturated carbocycles. The molecule has 0 fully saturated rings. The zero-order chi connectivity index (χ0) is 11.0. The number of anilines is 1. The maximum atomic E-state index is 5.53. The quantitative estimate of drug-likeness (QED) is 0.773. The van der Waals surface area contributed by atoms with E-state index in [1.807, 2.05) is 0 Å². The van der Waals surface area contributed by atoms with E-state index in [9.17, 15) is 0 Å². The number of nitrogens with two attached hydrogens (primary N) is 1. The molecule has 0 aliphatic carbocycles. The molecule has 2 rings (SSSR count). The molecular weight excluding hydrogens is 188 g/mol. The van der Waals surface area contributed by atoms with Gasteiger partial charge in [0.25, 0.3) is 0 Å². The molecule has 0 bridgehead atoms. The fourth-order valence-electron chi connectivity index (χ4n) is 1.64. The van der Waals surface area contributed by atoms with Crippen molar-refractivity contribution in [3.05, 3.63) is 34.9 Å². The van der Waals surface area contributed by atoms with Gasteiger partial charge in [0, 0.05) is 11.6 Å². The maximum absolute atomic E-state index is 5.53. The Labute approximate surface area is 88.9 Å². The molecule has 0 radical (unpaired) electrons. The van der Waals surface area contributed by atoms with Crippen molar-refractivity contribution < 1.29 is 4.52 Å². The van der Waals surface area contributed by atoms with Crippen LogP contribution < -0.4 is 5.73 Å². The van der Waals surface area contributed by atoms with Gasteiger partial charge in [-0.05, 0) is 43.5 Å². The minimum absolute atomic E-state index is 0.419. The second-order valence-electron chi connectivity index (χ2n) is 3.87. The zero-order valence-corrected chi connectivity index (χ0v) is 9.16. The third-order valence-electron chi connectivity index (χ3n) is 2.63. The number of benzene rings is 1. The summed E-state index contributed by atoms with van der Waals surface area (Å²) in [4.78, 5) is 0. The topological polar surface area (TPSA) is 52.0 Å². The third-order valence-corrected chi connectivity index (χ3v) is 2.63. The van der Waals surface area contributed by atoms with Crippen LogP contribution in [0.4, 0.5) is 5.82 Å². The van der Waals surface area contributed by atoms with Crippen molar-refractivity contribution in [2.45, 2.75) is 20.8 Å². The van der Waals surface area contributed by atoms with Gasteiger partial charge in [0.15, 0.2) is 11.6 Å². The predicted molar refractivity (Wildman–Crippen MR) is 60.6 cm³/mol. The van der Waals surface area contributed by atoms with Crippen molar-refractivity contribution in [2.24, 2.45) is 0 Å². The number of hydrogen-bond donors (Lipinski definition) is 1. The lowest BCUT2D eigenvalue weighted by atomic mass is 9.99. The van der Waals surface area contributed by atoms with Gasteiger partial charge in [-0.15, -0.1) is 0 Å². The Morgan fingerprint density at radius 3 is 2.27 bits per heavy atom. The summed E-state index contributed by atoms with van der Waals surface area (Å²) in [6, 6.07) is 5.99. The van der Waals surface area contributed by atoms with Crippen molar-refractivity contribution in [1.82, 2.24) is 5.16 Å². The van der Waals surface area contributed by atoms with Crippen LogP contribution in [0.25, 0.3) is 11.3 Å². The van der Waals surface area contributed by atoms with E-state index in [-0.39, 0.29) is 0 Å². The van der Waals surface area contributed by atoms with Crippen LogP contribution in [0.2, 0.25) is 0 Å². The summed E-state index contributed by atoms with van der Waals surface area (Å²) in [5.41, 5.74) is 10.3. The molecule has 1 aromatic carbocycles. The number of hydrogen-bond acceptors (Lipinski definition) is 3. The van der Waals surface area contributed by atoms with E-state index in [0.717, 1.165) is 11.3 Å². The second kappa shape index (κ2) is 3.42. The molecular formula is C12H14N2O. The maximum Gasteiger partial charge on any atom is 0.169 e. The van der Waals surface area contributed by atoms with Crippen LogP contribution >= 0.6 is 0 Å². The first-order valence-electron chi connectivity index (χ1n) is 4.88. The van der Waals surface area contributed by atoms with Crippen LogP contribution in [0, 0.1) is 20.8 Å². The molecule has 0 saturated heterocycles. The van der Waals surface area contributed by atoms with Crippen LogP contribution in [-0.4, -0.2) is 5.16 Å². The van der Waals surface area contributed by atoms with Crippen LogP contribution in [0.3, 0.4) is 0 Å². The SMILES string of the molecule is Cc1cc(C)c(-c2cc(N)no2)cc1C. The number of aromatic nitrogens is 1. The summed E-state index contributed by atoms with van der Waals surface area (Å²) in [6.07, 6.45) is 0. The summed E-state index contributed by atoms with van der Waals surface area (Å²) in [6.45, 7) is 6.24. The van der Waals surface area contributed by atoms with Crippen molar-refractivity contribution in [2.75, 3.05) is 5.73 Å². The summed E-state index contributed by atoms with van der Waals surface area (Å²) in [5, 5.41) is 3.69. The minimum Gasteiger partial charge on any atom is -0.381 e. The fourth-order valence-corrected chi connectivity index (χ4v) is 1.64. The van der Waals surface area contributed by atoms with Crippen molar-refractivity contribution in [3.63, 3.8) is 0 Å². The molecule has 1 heterocycles. The molecule has 0 aliphatic heterocycles. The summed E-state index contributed by atoms with van der Waals surface area (Å²) in [7, 11) is 0. The molecule has 2 aromatic rings. The van der Waals surface area contributed by atoms with E-state index in [4.69, 9.17) is 10.3 Å². The zero-order valence-electron chi connectivity index (χ0n) is 9.16. The average Bonchev–Trinajstić information content (AvgIpc) is 2.58. The highest BCUT2D eigenvalue weighted by atomic mass is 16.5. The van der Waals surface area contributed by atoms with Gasteiger partial charge in [-0.2, -0.15) is 0 Å². The first-order chi connectivity index (χ1) is 7.08. The summed E-state index contributed by atoms with van der Waals surface area (Å²) >= 11 is 0. The molecule has 78 valence electrons. The van der Waals surface area contributed by atoms with Gasteiger partial charge in [-0.25, -0.2) is 0 Å². The Hall–Kier alpha value is -1.77. The molecule has 15 heavy (non-hydrogen) atoms. The highest BCUT2D eigenvalue weighted by Crippen LogP contribution is 2.27. The molecule has 0 aliphatic rings. The lowest BCUT2D eigenvalue weighted by Gasteiger charge is -2.06. The highest BCUT2D eigenvalue weighted by Gasteiger charge is 2.09. The summed E-state index contributed by atoms with van der Waals surface area (Å²) < 4.78 is 5.15. The Kier molecular flexibility index (Phi) is 2.23.